The van der Waals surface area contributed by atoms with Crippen LogP contribution < -0.4 is 0 Å². The predicted octanol–water partition coefficient (Wildman–Crippen LogP) is 6.30. The van der Waals surface area contributed by atoms with Gasteiger partial charge in [-0.25, -0.2) is 0 Å². The van der Waals surface area contributed by atoms with Crippen molar-refractivity contribution in [2.75, 3.05) is 0 Å². The Morgan fingerprint density at radius 2 is 0.833 bits per heavy atom. The second kappa shape index (κ2) is 5.77. The van der Waals surface area contributed by atoms with Crippen LogP contribution in [0.1, 0.15) is 57.3 Å². The third kappa shape index (κ3) is 2.55. The number of hydrogen-bond donors (Lipinski definition) is 0. The van der Waals surface area contributed by atoms with Crippen LogP contribution in [0.25, 0.3) is 12.2 Å². The van der Waals surface area contributed by atoms with Gasteiger partial charge >= 0.3 is 0 Å². The summed E-state index contributed by atoms with van der Waals surface area (Å²) in [5, 5.41) is 0. The highest BCUT2D eigenvalue weighted by atomic mass is 14.2. The van der Waals surface area contributed by atoms with Crippen molar-refractivity contribution in [3.05, 3.63) is 92.8 Å². The number of hydrogen-bond acceptors (Lipinski definition) is 0. The molecular formula is C24H24. The molecule has 0 atom stereocenters. The lowest BCUT2D eigenvalue weighted by Crippen LogP contribution is -1.91. The van der Waals surface area contributed by atoms with Crippen LogP contribution in [-0.4, -0.2) is 0 Å². The van der Waals surface area contributed by atoms with Crippen LogP contribution >= 0.6 is 0 Å². The average molecular weight is 312 g/mol. The van der Waals surface area contributed by atoms with Gasteiger partial charge in [0.15, 0.2) is 0 Å². The van der Waals surface area contributed by atoms with E-state index in [0.717, 1.165) is 12.8 Å². The van der Waals surface area contributed by atoms with Crippen molar-refractivity contribution in [1.82, 2.24) is 0 Å². The molecule has 2 aliphatic rings. The molecule has 0 fully saturated rings. The zero-order valence-corrected chi connectivity index (χ0v) is 15.0. The first kappa shape index (κ1) is 15.4. The molecule has 2 radical (unpaired) electrons. The van der Waals surface area contributed by atoms with Gasteiger partial charge in [0.2, 0.25) is 0 Å². The van der Waals surface area contributed by atoms with Crippen LogP contribution in [0, 0.1) is 40.5 Å². The van der Waals surface area contributed by atoms with Gasteiger partial charge in [-0.05, 0) is 85.0 Å². The molecule has 0 nitrogen and oxygen atoms in total. The molecule has 4 rings (SSSR count). The third-order valence-corrected chi connectivity index (χ3v) is 5.47. The lowest BCUT2D eigenvalue weighted by molar-refractivity contribution is 0.963. The van der Waals surface area contributed by atoms with E-state index in [-0.39, 0.29) is 0 Å². The first-order valence-corrected chi connectivity index (χ1v) is 8.84. The molecule has 0 amide bonds. The van der Waals surface area contributed by atoms with Gasteiger partial charge in [0.1, 0.15) is 0 Å². The Hall–Kier alpha value is -2.08. The van der Waals surface area contributed by atoms with E-state index in [1.54, 1.807) is 0 Å². The minimum atomic E-state index is 1.11. The Morgan fingerprint density at radius 3 is 1.17 bits per heavy atom. The standard InChI is InChI=1S/C24H24/c1-15-5-6-16(2)22-12-19(11-21(15)22)9-10-20-13-23-17(3)7-8-18(4)24(23)14-20/h5-8,11-14H,9-10H2,1-4H3. The summed E-state index contributed by atoms with van der Waals surface area (Å²) in [6.07, 6.45) is 11.8. The van der Waals surface area contributed by atoms with Crippen LogP contribution in [0.2, 0.25) is 0 Å². The zero-order valence-electron chi connectivity index (χ0n) is 15.0. The second-order valence-electron chi connectivity index (χ2n) is 7.28. The fourth-order valence-corrected chi connectivity index (χ4v) is 3.88. The first-order valence-electron chi connectivity index (χ1n) is 8.84. The number of rotatable bonds is 3. The summed E-state index contributed by atoms with van der Waals surface area (Å²) in [5.41, 5.74) is 14.1. The summed E-state index contributed by atoms with van der Waals surface area (Å²) >= 11 is 0. The molecule has 120 valence electrons. The molecule has 0 spiro atoms. The van der Waals surface area contributed by atoms with Gasteiger partial charge in [-0.3, -0.25) is 0 Å². The predicted molar refractivity (Wildman–Crippen MR) is 104 cm³/mol. The number of benzene rings is 2. The van der Waals surface area contributed by atoms with Crippen molar-refractivity contribution in [2.24, 2.45) is 0 Å². The second-order valence-corrected chi connectivity index (χ2v) is 7.28. The van der Waals surface area contributed by atoms with Crippen molar-refractivity contribution in [1.29, 1.82) is 0 Å². The maximum Gasteiger partial charge on any atom is 0.0167 e. The van der Waals surface area contributed by atoms with E-state index in [0.29, 0.717) is 0 Å². The molecule has 24 heavy (non-hydrogen) atoms. The third-order valence-electron chi connectivity index (χ3n) is 5.47. The fraction of sp³-hybridized carbons (Fsp3) is 0.250. The summed E-state index contributed by atoms with van der Waals surface area (Å²) in [6, 6.07) is 8.93. The van der Waals surface area contributed by atoms with Gasteiger partial charge in [-0.2, -0.15) is 0 Å². The van der Waals surface area contributed by atoms with Crippen molar-refractivity contribution in [2.45, 2.75) is 40.5 Å². The highest BCUT2D eigenvalue weighted by Gasteiger charge is 2.20. The van der Waals surface area contributed by atoms with Crippen LogP contribution in [0.4, 0.5) is 0 Å². The van der Waals surface area contributed by atoms with E-state index in [1.807, 2.05) is 0 Å². The molecule has 0 heterocycles. The van der Waals surface area contributed by atoms with Gasteiger partial charge < -0.3 is 0 Å². The van der Waals surface area contributed by atoms with Gasteiger partial charge in [0.25, 0.3) is 0 Å². The smallest absolute Gasteiger partial charge is 0.0167 e. The number of fused-ring (bicyclic) bond motifs is 2. The van der Waals surface area contributed by atoms with Crippen molar-refractivity contribution < 1.29 is 0 Å². The first-order chi connectivity index (χ1) is 11.5. The number of allylic oxidation sites excluding steroid dienone is 2. The number of aryl methyl sites for hydroxylation is 4. The van der Waals surface area contributed by atoms with E-state index < -0.39 is 0 Å². The monoisotopic (exact) mass is 312 g/mol. The van der Waals surface area contributed by atoms with Crippen molar-refractivity contribution in [3.63, 3.8) is 0 Å². The minimum absolute atomic E-state index is 1.11. The topological polar surface area (TPSA) is 0 Å². The van der Waals surface area contributed by atoms with Crippen molar-refractivity contribution >= 4 is 12.2 Å². The van der Waals surface area contributed by atoms with E-state index in [1.165, 1.54) is 55.7 Å². The molecule has 0 saturated carbocycles. The summed E-state index contributed by atoms with van der Waals surface area (Å²) < 4.78 is 0. The molecule has 2 aromatic rings. The van der Waals surface area contributed by atoms with Gasteiger partial charge in [0.05, 0.1) is 0 Å². The van der Waals surface area contributed by atoms with Crippen molar-refractivity contribution in [3.8, 4) is 0 Å². The zero-order chi connectivity index (χ0) is 16.8. The molecule has 0 aromatic heterocycles. The molecule has 0 aliphatic heterocycles. The summed E-state index contributed by atoms with van der Waals surface area (Å²) in [6.45, 7) is 8.84. The van der Waals surface area contributed by atoms with E-state index in [9.17, 15) is 0 Å². The molecule has 0 saturated heterocycles. The van der Waals surface area contributed by atoms with Crippen LogP contribution in [0.15, 0.2) is 35.4 Å². The lowest BCUT2D eigenvalue weighted by Gasteiger charge is -2.07. The van der Waals surface area contributed by atoms with Gasteiger partial charge in [-0.15, -0.1) is 0 Å². The Balaban J connectivity index is 1.49. The quantitative estimate of drug-likeness (QED) is 0.624. The van der Waals surface area contributed by atoms with Crippen LogP contribution in [-0.2, 0) is 0 Å². The van der Waals surface area contributed by atoms with E-state index >= 15 is 0 Å². The molecule has 0 unspecified atom stereocenters. The molecule has 0 N–H and O–H groups in total. The lowest BCUT2D eigenvalue weighted by atomic mass is 9.97. The Labute approximate surface area is 145 Å². The Kier molecular flexibility index (Phi) is 3.72. The maximum absolute atomic E-state index is 2.39. The minimum Gasteiger partial charge on any atom is -0.0608 e. The van der Waals surface area contributed by atoms with Crippen LogP contribution in [0.5, 0.6) is 0 Å². The van der Waals surface area contributed by atoms with Crippen LogP contribution in [0.3, 0.4) is 0 Å². The summed E-state index contributed by atoms with van der Waals surface area (Å²) in [7, 11) is 0. The Morgan fingerprint density at radius 1 is 0.500 bits per heavy atom. The SMILES string of the molecule is Cc1ccc(C)c2c1[CH]C(CCC1=Cc3c(C)ccc(C)c3[CH]1)=C2. The Bertz CT molecular complexity index is 815. The maximum atomic E-state index is 2.39. The summed E-state index contributed by atoms with van der Waals surface area (Å²) in [4.78, 5) is 0. The molecule has 0 bridgehead atoms. The molecule has 2 aromatic carbocycles. The largest absolute Gasteiger partial charge is 0.0608 e. The van der Waals surface area contributed by atoms with Gasteiger partial charge in [-0.1, -0.05) is 47.6 Å². The summed E-state index contributed by atoms with van der Waals surface area (Å²) in [5.74, 6) is 0. The van der Waals surface area contributed by atoms with E-state index in [2.05, 4.69) is 77.0 Å². The normalized spacial score (nSPS) is 15.2. The molecule has 0 heteroatoms. The highest BCUT2D eigenvalue weighted by Crippen LogP contribution is 2.37. The van der Waals surface area contributed by atoms with E-state index in [4.69, 9.17) is 0 Å². The molecule has 2 aliphatic carbocycles. The highest BCUT2D eigenvalue weighted by molar-refractivity contribution is 5.75. The fourth-order valence-electron chi connectivity index (χ4n) is 3.88. The average Bonchev–Trinajstić information content (AvgIpc) is 3.18. The van der Waals surface area contributed by atoms with Gasteiger partial charge in [0, 0.05) is 12.8 Å². The molecular weight excluding hydrogens is 288 g/mol.